The van der Waals surface area contributed by atoms with Crippen molar-refractivity contribution in [3.8, 4) is 5.75 Å². The first-order chi connectivity index (χ1) is 8.31. The summed E-state index contributed by atoms with van der Waals surface area (Å²) in [6, 6.07) is 9.79. The molecule has 1 aromatic carbocycles. The Labute approximate surface area is 101 Å². The highest BCUT2D eigenvalue weighted by Crippen LogP contribution is 2.09. The summed E-state index contributed by atoms with van der Waals surface area (Å²) in [6.07, 6.45) is 1.82. The molecule has 17 heavy (non-hydrogen) atoms. The van der Waals surface area contributed by atoms with Gasteiger partial charge in [-0.15, -0.1) is 0 Å². The molecule has 2 N–H and O–H groups in total. The average molecular weight is 231 g/mol. The number of aryl methyl sites for hydroxylation is 1. The maximum Gasteiger partial charge on any atom is 0.119 e. The first-order valence-corrected chi connectivity index (χ1v) is 5.70. The molecule has 0 saturated carbocycles. The Morgan fingerprint density at radius 2 is 2.06 bits per heavy atom. The fourth-order valence-corrected chi connectivity index (χ4v) is 1.75. The molecule has 1 heterocycles. The fraction of sp³-hybridized carbons (Fsp3) is 0.308. The molecule has 0 unspecified atom stereocenters. The molecule has 1 aromatic heterocycles. The van der Waals surface area contributed by atoms with Gasteiger partial charge in [0.05, 0.1) is 12.2 Å². The van der Waals surface area contributed by atoms with Gasteiger partial charge in [0.1, 0.15) is 18.2 Å². The fourth-order valence-electron chi connectivity index (χ4n) is 1.75. The Bertz CT molecular complexity index is 465. The van der Waals surface area contributed by atoms with Gasteiger partial charge in [0.15, 0.2) is 0 Å². The van der Waals surface area contributed by atoms with Crippen LogP contribution in [0.3, 0.4) is 0 Å². The minimum absolute atomic E-state index is 0.506. The summed E-state index contributed by atoms with van der Waals surface area (Å²) in [7, 11) is 0. The van der Waals surface area contributed by atoms with Crippen molar-refractivity contribution in [2.45, 2.75) is 20.0 Å². The predicted molar refractivity (Wildman–Crippen MR) is 66.8 cm³/mol. The minimum atomic E-state index is 0.506. The molecule has 2 aromatic rings. The zero-order chi connectivity index (χ0) is 12.1. The van der Waals surface area contributed by atoms with Gasteiger partial charge < -0.3 is 15.0 Å². The van der Waals surface area contributed by atoms with Crippen LogP contribution >= 0.6 is 0 Å². The van der Waals surface area contributed by atoms with Crippen molar-refractivity contribution in [3.05, 3.63) is 48.0 Å². The normalized spacial score (nSPS) is 10.5. The topological polar surface area (TPSA) is 53.1 Å². The third-order valence-corrected chi connectivity index (χ3v) is 2.67. The number of hydrogen-bond acceptors (Lipinski definition) is 3. The smallest absolute Gasteiger partial charge is 0.119 e. The molecule has 0 aliphatic heterocycles. The summed E-state index contributed by atoms with van der Waals surface area (Å²) in [4.78, 5) is 4.24. The summed E-state index contributed by atoms with van der Waals surface area (Å²) >= 11 is 0. The molecule has 0 aliphatic rings. The largest absolute Gasteiger partial charge is 0.492 e. The standard InChI is InChI=1S/C13H17N3O/c1-11-15-10-12(9-14)16(11)7-8-17-13-5-3-2-4-6-13/h2-6,10H,7-9,14H2,1H3. The molecule has 0 atom stereocenters. The van der Waals surface area contributed by atoms with E-state index in [0.29, 0.717) is 13.2 Å². The van der Waals surface area contributed by atoms with E-state index in [1.165, 1.54) is 0 Å². The van der Waals surface area contributed by atoms with E-state index >= 15 is 0 Å². The van der Waals surface area contributed by atoms with Crippen molar-refractivity contribution in [3.63, 3.8) is 0 Å². The SMILES string of the molecule is Cc1ncc(CN)n1CCOc1ccccc1. The summed E-state index contributed by atoms with van der Waals surface area (Å²) in [5, 5.41) is 0. The average Bonchev–Trinajstić information content (AvgIpc) is 2.72. The number of nitrogens with two attached hydrogens (primary N) is 1. The number of rotatable bonds is 5. The van der Waals surface area contributed by atoms with Gasteiger partial charge in [-0.2, -0.15) is 0 Å². The van der Waals surface area contributed by atoms with Crippen LogP contribution in [0.2, 0.25) is 0 Å². The monoisotopic (exact) mass is 231 g/mol. The Balaban J connectivity index is 1.92. The number of ether oxygens (including phenoxy) is 1. The van der Waals surface area contributed by atoms with Crippen LogP contribution in [0.4, 0.5) is 0 Å². The second-order valence-electron chi connectivity index (χ2n) is 3.81. The molecule has 90 valence electrons. The van der Waals surface area contributed by atoms with E-state index in [4.69, 9.17) is 10.5 Å². The first kappa shape index (κ1) is 11.7. The number of para-hydroxylation sites is 1. The van der Waals surface area contributed by atoms with E-state index in [1.807, 2.05) is 43.5 Å². The molecule has 0 bridgehead atoms. The van der Waals surface area contributed by atoms with Gasteiger partial charge in [-0.3, -0.25) is 0 Å². The predicted octanol–water partition coefficient (Wildman–Crippen LogP) is 1.73. The van der Waals surface area contributed by atoms with Crippen LogP contribution in [0.1, 0.15) is 11.5 Å². The molecular formula is C13H17N3O. The molecule has 0 radical (unpaired) electrons. The Kier molecular flexibility index (Phi) is 3.77. The lowest BCUT2D eigenvalue weighted by Crippen LogP contribution is -2.14. The van der Waals surface area contributed by atoms with Gasteiger partial charge in [0.2, 0.25) is 0 Å². The van der Waals surface area contributed by atoms with Crippen LogP contribution in [-0.4, -0.2) is 16.2 Å². The third-order valence-electron chi connectivity index (χ3n) is 2.67. The highest BCUT2D eigenvalue weighted by atomic mass is 16.5. The summed E-state index contributed by atoms with van der Waals surface area (Å²) < 4.78 is 7.73. The van der Waals surface area contributed by atoms with E-state index in [0.717, 1.165) is 23.8 Å². The van der Waals surface area contributed by atoms with Crippen molar-refractivity contribution in [1.29, 1.82) is 0 Å². The lowest BCUT2D eigenvalue weighted by atomic mass is 10.3. The minimum Gasteiger partial charge on any atom is -0.492 e. The Morgan fingerprint density at radius 1 is 1.29 bits per heavy atom. The number of imidazole rings is 1. The second kappa shape index (κ2) is 5.50. The van der Waals surface area contributed by atoms with Crippen LogP contribution in [0.5, 0.6) is 5.75 Å². The van der Waals surface area contributed by atoms with Crippen LogP contribution in [0.25, 0.3) is 0 Å². The second-order valence-corrected chi connectivity index (χ2v) is 3.81. The number of benzene rings is 1. The van der Waals surface area contributed by atoms with E-state index in [9.17, 15) is 0 Å². The highest BCUT2D eigenvalue weighted by molar-refractivity contribution is 5.20. The van der Waals surface area contributed by atoms with Crippen molar-refractivity contribution in [2.24, 2.45) is 5.73 Å². The Hall–Kier alpha value is -1.81. The first-order valence-electron chi connectivity index (χ1n) is 5.70. The summed E-state index contributed by atoms with van der Waals surface area (Å²) in [5.74, 6) is 1.86. The third kappa shape index (κ3) is 2.85. The molecule has 2 rings (SSSR count). The van der Waals surface area contributed by atoms with Crippen molar-refractivity contribution in [2.75, 3.05) is 6.61 Å². The number of hydrogen-bond donors (Lipinski definition) is 1. The maximum absolute atomic E-state index is 5.65. The van der Waals surface area contributed by atoms with Crippen LogP contribution < -0.4 is 10.5 Å². The molecular weight excluding hydrogens is 214 g/mol. The van der Waals surface area contributed by atoms with Gasteiger partial charge in [0, 0.05) is 12.7 Å². The zero-order valence-corrected chi connectivity index (χ0v) is 9.97. The molecule has 0 amide bonds. The van der Waals surface area contributed by atoms with Crippen LogP contribution in [0.15, 0.2) is 36.5 Å². The Morgan fingerprint density at radius 3 is 2.76 bits per heavy atom. The van der Waals surface area contributed by atoms with E-state index in [1.54, 1.807) is 0 Å². The van der Waals surface area contributed by atoms with E-state index < -0.39 is 0 Å². The van der Waals surface area contributed by atoms with E-state index in [2.05, 4.69) is 9.55 Å². The maximum atomic E-state index is 5.65. The van der Waals surface area contributed by atoms with Crippen molar-refractivity contribution < 1.29 is 4.74 Å². The zero-order valence-electron chi connectivity index (χ0n) is 9.97. The number of aromatic nitrogens is 2. The molecule has 4 heteroatoms. The lowest BCUT2D eigenvalue weighted by molar-refractivity contribution is 0.295. The van der Waals surface area contributed by atoms with Gasteiger partial charge in [-0.1, -0.05) is 18.2 Å². The number of nitrogens with zero attached hydrogens (tertiary/aromatic N) is 2. The molecule has 0 spiro atoms. The highest BCUT2D eigenvalue weighted by Gasteiger charge is 2.04. The van der Waals surface area contributed by atoms with Crippen molar-refractivity contribution >= 4 is 0 Å². The lowest BCUT2D eigenvalue weighted by Gasteiger charge is -2.10. The summed E-state index contributed by atoms with van der Waals surface area (Å²) in [5.41, 5.74) is 6.69. The van der Waals surface area contributed by atoms with Crippen molar-refractivity contribution in [1.82, 2.24) is 9.55 Å². The van der Waals surface area contributed by atoms with E-state index in [-0.39, 0.29) is 0 Å². The van der Waals surface area contributed by atoms with Gasteiger partial charge in [-0.25, -0.2) is 4.98 Å². The van der Waals surface area contributed by atoms with Gasteiger partial charge in [-0.05, 0) is 19.1 Å². The quantitative estimate of drug-likeness (QED) is 0.852. The molecule has 0 fully saturated rings. The van der Waals surface area contributed by atoms with Crippen LogP contribution in [0, 0.1) is 6.92 Å². The van der Waals surface area contributed by atoms with Gasteiger partial charge in [0.25, 0.3) is 0 Å². The molecule has 0 saturated heterocycles. The van der Waals surface area contributed by atoms with Gasteiger partial charge >= 0.3 is 0 Å². The van der Waals surface area contributed by atoms with Crippen LogP contribution in [-0.2, 0) is 13.1 Å². The summed E-state index contributed by atoms with van der Waals surface area (Å²) in [6.45, 7) is 3.87. The molecule has 0 aliphatic carbocycles. The molecule has 4 nitrogen and oxygen atoms in total.